The minimum atomic E-state index is -3.52. The van der Waals surface area contributed by atoms with Crippen LogP contribution >= 0.6 is 0 Å². The molecule has 0 saturated carbocycles. The molecule has 6 heteroatoms. The first-order valence-corrected chi connectivity index (χ1v) is 7.97. The third-order valence-corrected chi connectivity index (χ3v) is 4.15. The summed E-state index contributed by atoms with van der Waals surface area (Å²) < 4.78 is 32.5. The zero-order chi connectivity index (χ0) is 14.8. The Morgan fingerprint density at radius 1 is 1.15 bits per heavy atom. The van der Waals surface area contributed by atoms with Gasteiger partial charge in [0.05, 0.1) is 12.5 Å². The summed E-state index contributed by atoms with van der Waals surface area (Å²) in [4.78, 5) is 1.93. The first-order valence-electron chi connectivity index (χ1n) is 6.47. The molecular weight excluding hydrogens is 276 g/mol. The summed E-state index contributed by atoms with van der Waals surface area (Å²) in [5, 5.41) is 1.22. The first kappa shape index (κ1) is 14.6. The van der Waals surface area contributed by atoms with Crippen molar-refractivity contribution in [2.24, 2.45) is 4.40 Å². The van der Waals surface area contributed by atoms with Crippen molar-refractivity contribution in [1.82, 2.24) is 4.90 Å². The Hall–Kier alpha value is -1.82. The number of hydrogen-bond donors (Lipinski definition) is 0. The van der Waals surface area contributed by atoms with Crippen LogP contribution in [0, 0.1) is 0 Å². The SMILES string of the molecule is CCN(CC)C1=NS(=O)(=O)C=C1c1ccc(OC)cc1. The van der Waals surface area contributed by atoms with E-state index >= 15 is 0 Å². The van der Waals surface area contributed by atoms with Gasteiger partial charge in [-0.2, -0.15) is 8.42 Å². The largest absolute Gasteiger partial charge is 0.497 e. The third kappa shape index (κ3) is 2.85. The molecule has 0 fully saturated rings. The normalized spacial score (nSPS) is 16.6. The highest BCUT2D eigenvalue weighted by atomic mass is 32.2. The summed E-state index contributed by atoms with van der Waals surface area (Å²) in [6, 6.07) is 7.29. The molecule has 0 atom stereocenters. The number of hydrogen-bond acceptors (Lipinski definition) is 4. The van der Waals surface area contributed by atoms with Crippen LogP contribution in [0.1, 0.15) is 19.4 Å². The number of amidine groups is 1. The van der Waals surface area contributed by atoms with Crippen LogP contribution < -0.4 is 4.74 Å². The van der Waals surface area contributed by atoms with Gasteiger partial charge in [-0.1, -0.05) is 12.1 Å². The highest BCUT2D eigenvalue weighted by molar-refractivity contribution is 7.93. The van der Waals surface area contributed by atoms with Crippen molar-refractivity contribution >= 4 is 21.4 Å². The van der Waals surface area contributed by atoms with Crippen LogP contribution in [-0.4, -0.2) is 39.4 Å². The Kier molecular flexibility index (Phi) is 4.13. The van der Waals surface area contributed by atoms with E-state index in [1.807, 2.05) is 30.9 Å². The van der Waals surface area contributed by atoms with Crippen molar-refractivity contribution in [3.05, 3.63) is 35.2 Å². The molecule has 0 aliphatic carbocycles. The van der Waals surface area contributed by atoms with Gasteiger partial charge in [0.1, 0.15) is 5.75 Å². The lowest BCUT2D eigenvalue weighted by atomic mass is 10.1. The highest BCUT2D eigenvalue weighted by Gasteiger charge is 2.26. The van der Waals surface area contributed by atoms with Gasteiger partial charge in [-0.05, 0) is 31.5 Å². The van der Waals surface area contributed by atoms with E-state index in [0.29, 0.717) is 24.5 Å². The number of rotatable bonds is 4. The maximum absolute atomic E-state index is 11.8. The summed E-state index contributed by atoms with van der Waals surface area (Å²) in [6.45, 7) is 5.36. The number of benzene rings is 1. The van der Waals surface area contributed by atoms with E-state index in [4.69, 9.17) is 4.74 Å². The zero-order valence-electron chi connectivity index (χ0n) is 11.8. The lowest BCUT2D eigenvalue weighted by Gasteiger charge is -2.22. The third-order valence-electron chi connectivity index (χ3n) is 3.19. The second kappa shape index (κ2) is 5.66. The summed E-state index contributed by atoms with van der Waals surface area (Å²) in [5.41, 5.74) is 1.45. The van der Waals surface area contributed by atoms with E-state index < -0.39 is 10.0 Å². The van der Waals surface area contributed by atoms with Crippen LogP contribution in [0.15, 0.2) is 34.1 Å². The van der Waals surface area contributed by atoms with Crippen molar-refractivity contribution in [3.63, 3.8) is 0 Å². The number of methoxy groups -OCH3 is 1. The van der Waals surface area contributed by atoms with Crippen LogP contribution in [0.5, 0.6) is 5.75 Å². The predicted molar refractivity (Wildman–Crippen MR) is 80.2 cm³/mol. The smallest absolute Gasteiger partial charge is 0.278 e. The molecule has 0 bridgehead atoms. The van der Waals surface area contributed by atoms with E-state index in [0.717, 1.165) is 11.3 Å². The Bertz CT molecular complexity index is 642. The fourth-order valence-electron chi connectivity index (χ4n) is 2.12. The van der Waals surface area contributed by atoms with E-state index in [2.05, 4.69) is 4.40 Å². The molecule has 108 valence electrons. The number of likely N-dealkylation sites (N-methyl/N-ethyl adjacent to an activating group) is 1. The van der Waals surface area contributed by atoms with Crippen LogP contribution in [-0.2, 0) is 10.0 Å². The summed E-state index contributed by atoms with van der Waals surface area (Å²) in [5.74, 6) is 1.25. The molecule has 1 aromatic carbocycles. The van der Waals surface area contributed by atoms with Crippen molar-refractivity contribution in [2.45, 2.75) is 13.8 Å². The lowest BCUT2D eigenvalue weighted by Crippen LogP contribution is -2.30. The Balaban J connectivity index is 2.45. The van der Waals surface area contributed by atoms with E-state index in [1.165, 1.54) is 5.41 Å². The maximum atomic E-state index is 11.8. The van der Waals surface area contributed by atoms with Crippen molar-refractivity contribution in [1.29, 1.82) is 0 Å². The van der Waals surface area contributed by atoms with Crippen LogP contribution in [0.2, 0.25) is 0 Å². The standard InChI is InChI=1S/C14H18N2O3S/c1-4-16(5-2)14-13(10-20(17,18)15-14)11-6-8-12(19-3)9-7-11/h6-10H,4-5H2,1-3H3. The minimum Gasteiger partial charge on any atom is -0.497 e. The van der Waals surface area contributed by atoms with Gasteiger partial charge in [0, 0.05) is 18.7 Å². The van der Waals surface area contributed by atoms with Crippen molar-refractivity contribution in [3.8, 4) is 5.75 Å². The molecule has 0 spiro atoms. The topological polar surface area (TPSA) is 59.0 Å². The van der Waals surface area contributed by atoms with E-state index in [1.54, 1.807) is 19.2 Å². The Morgan fingerprint density at radius 2 is 1.75 bits per heavy atom. The molecule has 0 radical (unpaired) electrons. The number of ether oxygens (including phenoxy) is 1. The van der Waals surface area contributed by atoms with Gasteiger partial charge < -0.3 is 9.64 Å². The molecule has 2 rings (SSSR count). The van der Waals surface area contributed by atoms with E-state index in [9.17, 15) is 8.42 Å². The average Bonchev–Trinajstić information content (AvgIpc) is 2.76. The number of nitrogens with zero attached hydrogens (tertiary/aromatic N) is 2. The summed E-state index contributed by atoms with van der Waals surface area (Å²) in [7, 11) is -1.93. The quantitative estimate of drug-likeness (QED) is 0.853. The molecule has 5 nitrogen and oxygen atoms in total. The fraction of sp³-hybridized carbons (Fsp3) is 0.357. The van der Waals surface area contributed by atoms with Crippen LogP contribution in [0.25, 0.3) is 5.57 Å². The van der Waals surface area contributed by atoms with Gasteiger partial charge in [0.15, 0.2) is 5.84 Å². The Morgan fingerprint density at radius 3 is 2.25 bits per heavy atom. The summed E-state index contributed by atoms with van der Waals surface area (Å²) >= 11 is 0. The molecule has 0 unspecified atom stereocenters. The fourth-order valence-corrected chi connectivity index (χ4v) is 3.16. The average molecular weight is 294 g/mol. The highest BCUT2D eigenvalue weighted by Crippen LogP contribution is 2.27. The van der Waals surface area contributed by atoms with Crippen molar-refractivity contribution in [2.75, 3.05) is 20.2 Å². The molecule has 1 aliphatic rings. The molecule has 0 N–H and O–H groups in total. The van der Waals surface area contributed by atoms with Crippen LogP contribution in [0.4, 0.5) is 0 Å². The van der Waals surface area contributed by atoms with Gasteiger partial charge in [-0.3, -0.25) is 0 Å². The second-order valence-corrected chi connectivity index (χ2v) is 5.81. The Labute approximate surface area is 119 Å². The van der Waals surface area contributed by atoms with Crippen LogP contribution in [0.3, 0.4) is 0 Å². The van der Waals surface area contributed by atoms with Gasteiger partial charge in [-0.15, -0.1) is 4.40 Å². The molecule has 20 heavy (non-hydrogen) atoms. The number of sulfonamides is 1. The molecule has 1 aromatic rings. The van der Waals surface area contributed by atoms with Gasteiger partial charge >= 0.3 is 0 Å². The predicted octanol–water partition coefficient (Wildman–Crippen LogP) is 2.12. The zero-order valence-corrected chi connectivity index (χ0v) is 12.6. The molecule has 0 saturated heterocycles. The molecule has 0 amide bonds. The van der Waals surface area contributed by atoms with Gasteiger partial charge in [-0.25, -0.2) is 0 Å². The first-order chi connectivity index (χ1) is 9.50. The molecule has 0 aromatic heterocycles. The van der Waals surface area contributed by atoms with E-state index in [-0.39, 0.29) is 0 Å². The molecular formula is C14H18N2O3S. The van der Waals surface area contributed by atoms with Crippen molar-refractivity contribution < 1.29 is 13.2 Å². The molecule has 1 heterocycles. The lowest BCUT2D eigenvalue weighted by molar-refractivity contribution is 0.415. The molecule has 1 aliphatic heterocycles. The van der Waals surface area contributed by atoms with Gasteiger partial charge in [0.2, 0.25) is 0 Å². The monoisotopic (exact) mass is 294 g/mol. The summed E-state index contributed by atoms with van der Waals surface area (Å²) in [6.07, 6.45) is 0. The minimum absolute atomic E-state index is 0.514. The second-order valence-electron chi connectivity index (χ2n) is 4.36. The van der Waals surface area contributed by atoms with Gasteiger partial charge in [0.25, 0.3) is 10.0 Å². The maximum Gasteiger partial charge on any atom is 0.278 e.